The van der Waals surface area contributed by atoms with Gasteiger partial charge in [-0.15, -0.1) is 0 Å². The van der Waals surface area contributed by atoms with Crippen LogP contribution in [0.25, 0.3) is 0 Å². The summed E-state index contributed by atoms with van der Waals surface area (Å²) in [6.45, 7) is 3.12. The van der Waals surface area contributed by atoms with E-state index in [9.17, 15) is 22.4 Å². The van der Waals surface area contributed by atoms with Crippen LogP contribution >= 0.6 is 0 Å². The van der Waals surface area contributed by atoms with Crippen LogP contribution in [0.1, 0.15) is 47.3 Å². The molecule has 0 unspecified atom stereocenters. The van der Waals surface area contributed by atoms with E-state index in [0.717, 1.165) is 6.07 Å². The van der Waals surface area contributed by atoms with Crippen LogP contribution in [0.2, 0.25) is 0 Å². The molecule has 3 heterocycles. The van der Waals surface area contributed by atoms with Gasteiger partial charge in [0.05, 0.1) is 36.5 Å². The van der Waals surface area contributed by atoms with Gasteiger partial charge in [0.2, 0.25) is 5.91 Å². The molecule has 8 nitrogen and oxygen atoms in total. The van der Waals surface area contributed by atoms with Gasteiger partial charge in [-0.3, -0.25) is 4.79 Å². The highest BCUT2D eigenvalue weighted by molar-refractivity contribution is 5.79. The van der Waals surface area contributed by atoms with Crippen molar-refractivity contribution in [3.05, 3.63) is 52.2 Å². The lowest BCUT2D eigenvalue weighted by atomic mass is 10.1. The van der Waals surface area contributed by atoms with E-state index in [1.54, 1.807) is 6.92 Å². The number of halogens is 4. The maximum Gasteiger partial charge on any atom is 0.419 e. The molecule has 2 aliphatic rings. The van der Waals surface area contributed by atoms with Crippen molar-refractivity contribution in [2.24, 2.45) is 0 Å². The van der Waals surface area contributed by atoms with Crippen LogP contribution in [-0.2, 0) is 38.1 Å². The molecule has 1 aromatic carbocycles. The highest BCUT2D eigenvalue weighted by Crippen LogP contribution is 2.34. The number of nitrogens with zero attached hydrogens (tertiary/aromatic N) is 2. The largest absolute Gasteiger partial charge is 0.419 e. The molecule has 2 fully saturated rings. The lowest BCUT2D eigenvalue weighted by Gasteiger charge is -2.24. The van der Waals surface area contributed by atoms with Crippen molar-refractivity contribution in [1.82, 2.24) is 15.3 Å². The molecule has 0 radical (unpaired) electrons. The van der Waals surface area contributed by atoms with Crippen molar-refractivity contribution >= 4 is 11.7 Å². The van der Waals surface area contributed by atoms with Gasteiger partial charge in [0.1, 0.15) is 17.5 Å². The summed E-state index contributed by atoms with van der Waals surface area (Å²) in [7, 11) is 0. The van der Waals surface area contributed by atoms with Gasteiger partial charge >= 0.3 is 6.18 Å². The second-order valence-corrected chi connectivity index (χ2v) is 8.31. The Bertz CT molecular complexity index is 1050. The van der Waals surface area contributed by atoms with Crippen LogP contribution in [0, 0.1) is 12.7 Å². The number of ether oxygens (including phenoxy) is 3. The van der Waals surface area contributed by atoms with Crippen LogP contribution in [0.3, 0.4) is 0 Å². The molecule has 0 bridgehead atoms. The van der Waals surface area contributed by atoms with Crippen molar-refractivity contribution in [3.63, 3.8) is 0 Å². The Labute approximate surface area is 199 Å². The fraction of sp³-hybridized carbons (Fsp3) is 0.522. The Hall–Kier alpha value is -2.83. The summed E-state index contributed by atoms with van der Waals surface area (Å²) in [5.74, 6) is -1.07. The van der Waals surface area contributed by atoms with Crippen LogP contribution in [0.5, 0.6) is 0 Å². The van der Waals surface area contributed by atoms with E-state index in [1.807, 2.05) is 0 Å². The molecule has 0 saturated carbocycles. The van der Waals surface area contributed by atoms with E-state index >= 15 is 0 Å². The molecular formula is C23H26F4N4O4. The highest BCUT2D eigenvalue weighted by atomic mass is 19.4. The first kappa shape index (κ1) is 25.3. The number of carbonyl (C=O) groups excluding carboxylic acids is 1. The average molecular weight is 498 g/mol. The van der Waals surface area contributed by atoms with Gasteiger partial charge in [0, 0.05) is 31.4 Å². The van der Waals surface area contributed by atoms with E-state index in [2.05, 4.69) is 20.6 Å². The SMILES string of the molecule is Cc1nc(CC(=O)NC2CCOCC2)c(C2OCCO2)c(NCc2cccc(C(F)(F)F)c2F)n1. The Morgan fingerprint density at radius 1 is 1.11 bits per heavy atom. The van der Waals surface area contributed by atoms with Gasteiger partial charge in [-0.2, -0.15) is 13.2 Å². The number of alkyl halides is 3. The molecule has 2 saturated heterocycles. The fourth-order valence-electron chi connectivity index (χ4n) is 4.07. The zero-order chi connectivity index (χ0) is 25.0. The number of amides is 1. The van der Waals surface area contributed by atoms with Crippen molar-refractivity contribution in [1.29, 1.82) is 0 Å². The number of carbonyl (C=O) groups is 1. The minimum absolute atomic E-state index is 0.00287. The summed E-state index contributed by atoms with van der Waals surface area (Å²) in [4.78, 5) is 21.5. The molecule has 0 aliphatic carbocycles. The van der Waals surface area contributed by atoms with Gasteiger partial charge in [0.15, 0.2) is 6.29 Å². The number of benzene rings is 1. The minimum Gasteiger partial charge on any atom is -0.381 e. The summed E-state index contributed by atoms with van der Waals surface area (Å²) in [5.41, 5.74) is -0.804. The quantitative estimate of drug-likeness (QED) is 0.565. The Morgan fingerprint density at radius 3 is 2.51 bits per heavy atom. The van der Waals surface area contributed by atoms with E-state index in [4.69, 9.17) is 14.2 Å². The van der Waals surface area contributed by atoms with Gasteiger partial charge in [-0.1, -0.05) is 12.1 Å². The standard InChI is InChI=1S/C23H26F4N4O4/c1-13-29-17(11-18(32)31-15-5-7-33-8-6-15)19(22-34-9-10-35-22)21(30-13)28-12-14-3-2-4-16(20(14)24)23(25,26)27/h2-4,15,22H,5-12H2,1H3,(H,31,32)(H,28,29,30). The minimum atomic E-state index is -4.81. The van der Waals surface area contributed by atoms with Gasteiger partial charge in [0.25, 0.3) is 0 Å². The Morgan fingerprint density at radius 2 is 1.83 bits per heavy atom. The molecular weight excluding hydrogens is 472 g/mol. The zero-order valence-electron chi connectivity index (χ0n) is 19.1. The average Bonchev–Trinajstić information content (AvgIpc) is 3.32. The number of hydrogen-bond donors (Lipinski definition) is 2. The Balaban J connectivity index is 1.58. The summed E-state index contributed by atoms with van der Waals surface area (Å²) in [6, 6.07) is 3.10. The fourth-order valence-corrected chi connectivity index (χ4v) is 4.07. The molecule has 1 aromatic heterocycles. The van der Waals surface area contributed by atoms with Gasteiger partial charge < -0.3 is 24.8 Å². The molecule has 0 atom stereocenters. The number of aromatic nitrogens is 2. The molecule has 35 heavy (non-hydrogen) atoms. The monoisotopic (exact) mass is 498 g/mol. The third-order valence-electron chi connectivity index (χ3n) is 5.74. The van der Waals surface area contributed by atoms with Crippen molar-refractivity contribution in [2.45, 2.75) is 51.2 Å². The molecule has 190 valence electrons. The van der Waals surface area contributed by atoms with Crippen molar-refractivity contribution < 1.29 is 36.6 Å². The highest BCUT2D eigenvalue weighted by Gasteiger charge is 2.35. The number of anilines is 1. The lowest BCUT2D eigenvalue weighted by Crippen LogP contribution is -2.40. The van der Waals surface area contributed by atoms with E-state index in [-0.39, 0.29) is 36.3 Å². The third-order valence-corrected chi connectivity index (χ3v) is 5.74. The van der Waals surface area contributed by atoms with Crippen molar-refractivity contribution in [2.75, 3.05) is 31.7 Å². The summed E-state index contributed by atoms with van der Waals surface area (Å²) >= 11 is 0. The first-order chi connectivity index (χ1) is 16.7. The maximum absolute atomic E-state index is 14.5. The van der Waals surface area contributed by atoms with Gasteiger partial charge in [-0.05, 0) is 25.8 Å². The van der Waals surface area contributed by atoms with E-state index < -0.39 is 23.8 Å². The summed E-state index contributed by atoms with van der Waals surface area (Å²) in [5, 5.41) is 5.87. The predicted octanol–water partition coefficient (Wildman–Crippen LogP) is 3.44. The molecule has 2 aromatic rings. The molecule has 2 aliphatic heterocycles. The topological polar surface area (TPSA) is 94.6 Å². The first-order valence-electron chi connectivity index (χ1n) is 11.3. The summed E-state index contributed by atoms with van der Waals surface area (Å²) in [6.07, 6.45) is -4.33. The van der Waals surface area contributed by atoms with E-state index in [1.165, 1.54) is 6.07 Å². The lowest BCUT2D eigenvalue weighted by molar-refractivity contribution is -0.140. The van der Waals surface area contributed by atoms with Crippen LogP contribution in [-0.4, -0.2) is 48.3 Å². The third kappa shape index (κ3) is 6.24. The molecule has 2 N–H and O–H groups in total. The Kier molecular flexibility index (Phi) is 7.82. The van der Waals surface area contributed by atoms with Gasteiger partial charge in [-0.25, -0.2) is 14.4 Å². The molecule has 12 heteroatoms. The maximum atomic E-state index is 14.5. The van der Waals surface area contributed by atoms with Crippen LogP contribution < -0.4 is 10.6 Å². The number of hydrogen-bond acceptors (Lipinski definition) is 7. The molecule has 4 rings (SSSR count). The second-order valence-electron chi connectivity index (χ2n) is 8.31. The number of nitrogens with one attached hydrogen (secondary N) is 2. The normalized spacial score (nSPS) is 17.5. The van der Waals surface area contributed by atoms with Crippen molar-refractivity contribution in [3.8, 4) is 0 Å². The van der Waals surface area contributed by atoms with Crippen LogP contribution in [0.15, 0.2) is 18.2 Å². The smallest absolute Gasteiger partial charge is 0.381 e. The number of rotatable bonds is 7. The number of aryl methyl sites for hydroxylation is 1. The summed E-state index contributed by atoms with van der Waals surface area (Å²) < 4.78 is 70.4. The molecule has 1 amide bonds. The predicted molar refractivity (Wildman–Crippen MR) is 116 cm³/mol. The van der Waals surface area contributed by atoms with Crippen LogP contribution in [0.4, 0.5) is 23.4 Å². The second kappa shape index (κ2) is 10.8. The molecule has 0 spiro atoms. The first-order valence-corrected chi connectivity index (χ1v) is 11.3. The zero-order valence-corrected chi connectivity index (χ0v) is 19.1. The van der Waals surface area contributed by atoms with E-state index in [0.29, 0.717) is 62.4 Å².